The van der Waals surface area contributed by atoms with Crippen LogP contribution in [0, 0.1) is 5.41 Å². The van der Waals surface area contributed by atoms with Gasteiger partial charge in [0.05, 0.1) is 5.84 Å². The van der Waals surface area contributed by atoms with E-state index in [9.17, 15) is 0 Å². The molecule has 2 heteroatoms. The van der Waals surface area contributed by atoms with Crippen molar-refractivity contribution in [2.75, 3.05) is 0 Å². The van der Waals surface area contributed by atoms with Crippen LogP contribution in [0.25, 0.3) is 22.3 Å². The van der Waals surface area contributed by atoms with E-state index in [1.54, 1.807) is 0 Å². The van der Waals surface area contributed by atoms with Crippen molar-refractivity contribution in [3.63, 3.8) is 0 Å². The third-order valence-corrected chi connectivity index (χ3v) is 5.84. The predicted octanol–water partition coefficient (Wildman–Crippen LogP) is 7.48. The Kier molecular flexibility index (Phi) is 6.40. The first-order chi connectivity index (χ1) is 14.4. The Labute approximate surface area is 188 Å². The van der Waals surface area contributed by atoms with E-state index in [4.69, 9.17) is 11.1 Å². The van der Waals surface area contributed by atoms with Gasteiger partial charge in [0.1, 0.15) is 0 Å². The Morgan fingerprint density at radius 3 is 1.35 bits per heavy atom. The van der Waals surface area contributed by atoms with Crippen molar-refractivity contribution in [2.24, 2.45) is 5.73 Å². The molecule has 3 aromatic carbocycles. The van der Waals surface area contributed by atoms with Crippen LogP contribution >= 0.6 is 0 Å². The van der Waals surface area contributed by atoms with Crippen LogP contribution in [0.15, 0.2) is 66.7 Å². The summed E-state index contributed by atoms with van der Waals surface area (Å²) in [7, 11) is 0. The van der Waals surface area contributed by atoms with Crippen LogP contribution in [0.4, 0.5) is 0 Å². The van der Waals surface area contributed by atoms with E-state index in [1.807, 2.05) is 0 Å². The summed E-state index contributed by atoms with van der Waals surface area (Å²) in [5, 5.41) is 7.62. The first-order valence-electron chi connectivity index (χ1n) is 11.1. The molecule has 0 bridgehead atoms. The second-order valence-electron chi connectivity index (χ2n) is 10.6. The fraction of sp³-hybridized carbons (Fsp3) is 0.345. The number of nitrogens with two attached hydrogens (primary N) is 1. The molecule has 162 valence electrons. The highest BCUT2D eigenvalue weighted by atomic mass is 14.7. The maximum absolute atomic E-state index is 7.62. The molecular weight excluding hydrogens is 376 g/mol. The van der Waals surface area contributed by atoms with Gasteiger partial charge in [-0.05, 0) is 62.3 Å². The third-order valence-electron chi connectivity index (χ3n) is 5.84. The van der Waals surface area contributed by atoms with E-state index in [0.29, 0.717) is 6.42 Å². The van der Waals surface area contributed by atoms with E-state index in [0.717, 1.165) is 6.42 Å². The van der Waals surface area contributed by atoms with E-state index in [-0.39, 0.29) is 16.7 Å². The average Bonchev–Trinajstić information content (AvgIpc) is 2.71. The van der Waals surface area contributed by atoms with E-state index < -0.39 is 0 Å². The van der Waals surface area contributed by atoms with Crippen LogP contribution in [-0.4, -0.2) is 5.84 Å². The molecule has 3 N–H and O–H groups in total. The van der Waals surface area contributed by atoms with Gasteiger partial charge in [-0.1, -0.05) is 102 Å². The number of hydrogen-bond donors (Lipinski definition) is 2. The lowest BCUT2D eigenvalue weighted by Crippen LogP contribution is -2.10. The van der Waals surface area contributed by atoms with Gasteiger partial charge in [0, 0.05) is 6.42 Å². The molecule has 0 saturated heterocycles. The van der Waals surface area contributed by atoms with Gasteiger partial charge in [0.2, 0.25) is 0 Å². The largest absolute Gasteiger partial charge is 0.388 e. The van der Waals surface area contributed by atoms with Gasteiger partial charge in [-0.25, -0.2) is 0 Å². The van der Waals surface area contributed by atoms with Crippen LogP contribution in [-0.2, 0) is 17.3 Å². The highest BCUT2D eigenvalue weighted by Gasteiger charge is 2.15. The van der Waals surface area contributed by atoms with Crippen LogP contribution in [0.3, 0.4) is 0 Å². The highest BCUT2D eigenvalue weighted by molar-refractivity contribution is 5.78. The zero-order valence-corrected chi connectivity index (χ0v) is 19.8. The maximum Gasteiger partial charge on any atom is 0.0908 e. The van der Waals surface area contributed by atoms with Crippen molar-refractivity contribution >= 4 is 5.84 Å². The minimum absolute atomic E-state index is 0.141. The summed E-state index contributed by atoms with van der Waals surface area (Å²) < 4.78 is 0. The maximum atomic E-state index is 7.62. The van der Waals surface area contributed by atoms with Crippen molar-refractivity contribution in [1.29, 1.82) is 5.41 Å². The molecule has 31 heavy (non-hydrogen) atoms. The lowest BCUT2D eigenvalue weighted by atomic mass is 9.85. The van der Waals surface area contributed by atoms with E-state index >= 15 is 0 Å². The zero-order valence-electron chi connectivity index (χ0n) is 19.8. The van der Waals surface area contributed by atoms with Crippen LogP contribution in [0.1, 0.15) is 64.7 Å². The molecule has 2 nitrogen and oxygen atoms in total. The molecule has 3 aromatic rings. The van der Waals surface area contributed by atoms with E-state index in [2.05, 4.69) is 108 Å². The number of amidine groups is 1. The smallest absolute Gasteiger partial charge is 0.0908 e. The molecule has 0 spiro atoms. The van der Waals surface area contributed by atoms with Crippen molar-refractivity contribution in [3.05, 3.63) is 83.4 Å². The molecular formula is C29H36N2. The number of rotatable bonds is 5. The lowest BCUT2D eigenvalue weighted by Gasteiger charge is -2.20. The van der Waals surface area contributed by atoms with Crippen molar-refractivity contribution in [3.8, 4) is 22.3 Å². The van der Waals surface area contributed by atoms with Gasteiger partial charge in [0.15, 0.2) is 0 Å². The summed E-state index contributed by atoms with van der Waals surface area (Å²) in [5.74, 6) is 0.232. The quantitative estimate of drug-likeness (QED) is 0.331. The monoisotopic (exact) mass is 412 g/mol. The van der Waals surface area contributed by atoms with Gasteiger partial charge in [0.25, 0.3) is 0 Å². The van der Waals surface area contributed by atoms with Crippen LogP contribution in [0.2, 0.25) is 0 Å². The fourth-order valence-electron chi connectivity index (χ4n) is 3.77. The van der Waals surface area contributed by atoms with Crippen LogP contribution in [0.5, 0.6) is 0 Å². The third kappa shape index (κ3) is 5.85. The minimum Gasteiger partial charge on any atom is -0.388 e. The zero-order chi connectivity index (χ0) is 22.8. The summed E-state index contributed by atoms with van der Waals surface area (Å²) in [6.07, 6.45) is 1.35. The summed E-state index contributed by atoms with van der Waals surface area (Å²) in [6, 6.07) is 24.6. The second kappa shape index (κ2) is 8.70. The molecule has 0 aliphatic carbocycles. The SMILES string of the molecule is CC(C)(C)c1ccc(-c2cc(CCC(=N)N)cc(-c3ccc(C(C)(C)C)cc3)c2)cc1. The van der Waals surface area contributed by atoms with Crippen LogP contribution < -0.4 is 5.73 Å². The summed E-state index contributed by atoms with van der Waals surface area (Å²) >= 11 is 0. The summed E-state index contributed by atoms with van der Waals surface area (Å²) in [4.78, 5) is 0. The number of aryl methyl sites for hydroxylation is 1. The van der Waals surface area contributed by atoms with Crippen molar-refractivity contribution < 1.29 is 0 Å². The molecule has 0 unspecified atom stereocenters. The molecule has 0 amide bonds. The molecule has 0 heterocycles. The van der Waals surface area contributed by atoms with Gasteiger partial charge < -0.3 is 5.73 Å². The molecule has 0 aromatic heterocycles. The number of benzene rings is 3. The van der Waals surface area contributed by atoms with Gasteiger partial charge in [-0.3, -0.25) is 5.41 Å². The molecule has 0 aliphatic heterocycles. The molecule has 0 aliphatic rings. The van der Waals surface area contributed by atoms with Crippen molar-refractivity contribution in [2.45, 2.75) is 65.2 Å². The molecule has 0 radical (unpaired) electrons. The average molecular weight is 413 g/mol. The number of hydrogen-bond acceptors (Lipinski definition) is 1. The Balaban J connectivity index is 2.03. The molecule has 0 saturated carbocycles. The predicted molar refractivity (Wildman–Crippen MR) is 135 cm³/mol. The van der Waals surface area contributed by atoms with Crippen molar-refractivity contribution in [1.82, 2.24) is 0 Å². The van der Waals surface area contributed by atoms with Gasteiger partial charge in [-0.2, -0.15) is 0 Å². The molecule has 0 atom stereocenters. The Morgan fingerprint density at radius 2 is 1.03 bits per heavy atom. The molecule has 3 rings (SSSR count). The lowest BCUT2D eigenvalue weighted by molar-refractivity contribution is 0.590. The first-order valence-corrected chi connectivity index (χ1v) is 11.1. The van der Waals surface area contributed by atoms with E-state index in [1.165, 1.54) is 38.9 Å². The van der Waals surface area contributed by atoms with Gasteiger partial charge >= 0.3 is 0 Å². The standard InChI is InChI=1S/C29H36N2/c1-28(2,3)25-12-8-21(9-13-25)23-17-20(7-16-27(30)31)18-24(19-23)22-10-14-26(15-11-22)29(4,5)6/h8-15,17-19H,7,16H2,1-6H3,(H3,30,31). The summed E-state index contributed by atoms with van der Waals surface area (Å²) in [5.41, 5.74) is 14.6. The first kappa shape index (κ1) is 22.8. The Hall–Kier alpha value is -2.87. The Morgan fingerprint density at radius 1 is 0.645 bits per heavy atom. The van der Waals surface area contributed by atoms with Gasteiger partial charge in [-0.15, -0.1) is 0 Å². The number of nitrogens with one attached hydrogen (secondary N) is 1. The highest BCUT2D eigenvalue weighted by Crippen LogP contribution is 2.32. The minimum atomic E-state index is 0.141. The second-order valence-corrected chi connectivity index (χ2v) is 10.6. The molecule has 0 fully saturated rings. The topological polar surface area (TPSA) is 49.9 Å². The summed E-state index contributed by atoms with van der Waals surface area (Å²) in [6.45, 7) is 13.4. The Bertz CT molecular complexity index is 968. The normalized spacial score (nSPS) is 12.1. The fourth-order valence-corrected chi connectivity index (χ4v) is 3.77.